The van der Waals surface area contributed by atoms with Gasteiger partial charge >= 0.3 is 0 Å². The number of hydrogen-bond donors (Lipinski definition) is 0. The van der Waals surface area contributed by atoms with Crippen LogP contribution in [0.15, 0.2) is 248 Å². The van der Waals surface area contributed by atoms with Crippen LogP contribution >= 0.6 is 0 Å². The van der Waals surface area contributed by atoms with Crippen molar-refractivity contribution in [2.75, 3.05) is 9.80 Å². The van der Waals surface area contributed by atoms with Crippen LogP contribution in [0.25, 0.3) is 66.1 Å². The fourth-order valence-corrected chi connectivity index (χ4v) is 10.5. The number of benzene rings is 10. The Balaban J connectivity index is 1.20. The lowest BCUT2D eigenvalue weighted by molar-refractivity contribution is 0.590. The Morgan fingerprint density at radius 2 is 0.667 bits per heavy atom. The maximum Gasteiger partial charge on any atom is 0.0468 e. The monoisotopic (exact) mass is 930 g/mol. The average molecular weight is 931 g/mol. The molecule has 1 aliphatic rings. The lowest BCUT2D eigenvalue weighted by Gasteiger charge is -2.30. The zero-order chi connectivity index (χ0) is 49.4. The molecule has 10 aromatic carbocycles. The second-order valence-electron chi connectivity index (χ2n) is 21.3. The number of rotatable bonds is 10. The molecule has 352 valence electrons. The standard InChI is InChI=1S/C70H62N2/c1-69(2,3)55-35-39-59(40-36-55)71(57-23-15-9-16-24-57)61-43-45-63-65(47-61)67(53-31-27-51(28-32-53)49-19-11-7-12-20-49)64-46-44-62(48-66(64)68(63)54-33-29-52(30-34-54)50-21-13-8-14-22-50)72(58-25-17-10-18-26-58)60-41-37-56(38-42-60)70(4,5)6/h7-9,11-17,19-48H,10,18H2,1-6H3. The van der Waals surface area contributed by atoms with E-state index in [0.717, 1.165) is 41.3 Å². The third-order valence-electron chi connectivity index (χ3n) is 14.4. The summed E-state index contributed by atoms with van der Waals surface area (Å²) in [5.41, 5.74) is 19.1. The molecule has 0 saturated heterocycles. The zero-order valence-corrected chi connectivity index (χ0v) is 42.4. The molecule has 10 aromatic rings. The van der Waals surface area contributed by atoms with E-state index in [1.807, 2.05) is 0 Å². The van der Waals surface area contributed by atoms with Crippen molar-refractivity contribution >= 4 is 50.0 Å². The molecule has 0 bridgehead atoms. The molecular formula is C70H62N2. The predicted octanol–water partition coefficient (Wildman–Crippen LogP) is 20.1. The Hall–Kier alpha value is -8.20. The van der Waals surface area contributed by atoms with Crippen LogP contribution in [0.4, 0.5) is 28.4 Å². The van der Waals surface area contributed by atoms with Gasteiger partial charge in [0.1, 0.15) is 0 Å². The number of allylic oxidation sites excluding steroid dienone is 3. The third kappa shape index (κ3) is 9.17. The fraction of sp³-hybridized carbons (Fsp3) is 0.143. The highest BCUT2D eigenvalue weighted by molar-refractivity contribution is 6.22. The maximum atomic E-state index is 2.46. The van der Waals surface area contributed by atoms with E-state index in [4.69, 9.17) is 0 Å². The van der Waals surface area contributed by atoms with Gasteiger partial charge in [-0.05, 0) is 168 Å². The van der Waals surface area contributed by atoms with E-state index in [-0.39, 0.29) is 10.8 Å². The smallest absolute Gasteiger partial charge is 0.0468 e. The van der Waals surface area contributed by atoms with Crippen molar-refractivity contribution in [3.8, 4) is 44.5 Å². The first-order valence-electron chi connectivity index (χ1n) is 25.6. The Kier molecular flexibility index (Phi) is 12.3. The number of para-hydroxylation sites is 1. The van der Waals surface area contributed by atoms with Crippen LogP contribution in [0.5, 0.6) is 0 Å². The quantitative estimate of drug-likeness (QED) is 0.126. The Bertz CT molecular complexity index is 3570. The second-order valence-corrected chi connectivity index (χ2v) is 21.3. The molecule has 0 fully saturated rings. The number of nitrogens with zero attached hydrogens (tertiary/aromatic N) is 2. The van der Waals surface area contributed by atoms with E-state index in [1.165, 1.54) is 82.9 Å². The van der Waals surface area contributed by atoms with Gasteiger partial charge in [-0.15, -0.1) is 0 Å². The van der Waals surface area contributed by atoms with Gasteiger partial charge in [0.05, 0.1) is 0 Å². The van der Waals surface area contributed by atoms with Crippen LogP contribution in [0.3, 0.4) is 0 Å². The van der Waals surface area contributed by atoms with Gasteiger partial charge in [-0.25, -0.2) is 0 Å². The first-order chi connectivity index (χ1) is 35.0. The molecule has 0 amide bonds. The summed E-state index contributed by atoms with van der Waals surface area (Å²) in [6.45, 7) is 13.7. The van der Waals surface area contributed by atoms with Gasteiger partial charge in [-0.2, -0.15) is 0 Å². The van der Waals surface area contributed by atoms with E-state index in [1.54, 1.807) is 0 Å². The van der Waals surface area contributed by atoms with Crippen LogP contribution in [0, 0.1) is 0 Å². The van der Waals surface area contributed by atoms with Crippen LogP contribution in [0.2, 0.25) is 0 Å². The highest BCUT2D eigenvalue weighted by Gasteiger charge is 2.24. The van der Waals surface area contributed by atoms with Crippen LogP contribution < -0.4 is 9.80 Å². The second kappa shape index (κ2) is 19.2. The summed E-state index contributed by atoms with van der Waals surface area (Å²) in [5, 5.41) is 4.81. The van der Waals surface area contributed by atoms with E-state index in [9.17, 15) is 0 Å². The Morgan fingerprint density at radius 3 is 1.08 bits per heavy atom. The molecule has 0 atom stereocenters. The Labute approximate surface area is 426 Å². The summed E-state index contributed by atoms with van der Waals surface area (Å²) in [4.78, 5) is 4.86. The zero-order valence-electron chi connectivity index (χ0n) is 42.4. The normalized spacial score (nSPS) is 12.8. The summed E-state index contributed by atoms with van der Waals surface area (Å²) >= 11 is 0. The van der Waals surface area contributed by atoms with Crippen molar-refractivity contribution in [3.05, 3.63) is 260 Å². The van der Waals surface area contributed by atoms with Crippen molar-refractivity contribution in [3.63, 3.8) is 0 Å². The van der Waals surface area contributed by atoms with Gasteiger partial charge in [0.15, 0.2) is 0 Å². The summed E-state index contributed by atoms with van der Waals surface area (Å²) in [6.07, 6.45) is 9.05. The SMILES string of the molecule is CC(C)(C)c1ccc(N(C2=CCCC=C2)c2ccc3c(-c4ccc(-c5ccccc5)cc4)c4cc(N(c5ccccc5)c5ccc(C(C)(C)C)cc5)ccc4c(-c4ccc(-c5ccccc5)cc4)c3c2)cc1. The van der Waals surface area contributed by atoms with Crippen molar-refractivity contribution < 1.29 is 0 Å². The molecule has 1 aliphatic carbocycles. The highest BCUT2D eigenvalue weighted by Crippen LogP contribution is 2.49. The summed E-state index contributed by atoms with van der Waals surface area (Å²) < 4.78 is 0. The summed E-state index contributed by atoms with van der Waals surface area (Å²) in [6, 6.07) is 83.3. The molecule has 0 aromatic heterocycles. The van der Waals surface area contributed by atoms with Gasteiger partial charge in [0, 0.05) is 34.1 Å². The largest absolute Gasteiger partial charge is 0.311 e. The first-order valence-corrected chi connectivity index (χ1v) is 25.6. The molecule has 72 heavy (non-hydrogen) atoms. The minimum absolute atomic E-state index is 0.0403. The number of anilines is 5. The minimum atomic E-state index is 0.0403. The molecule has 2 heteroatoms. The minimum Gasteiger partial charge on any atom is -0.311 e. The Morgan fingerprint density at radius 1 is 0.306 bits per heavy atom. The van der Waals surface area contributed by atoms with Gasteiger partial charge in [-0.3, -0.25) is 0 Å². The molecule has 0 unspecified atom stereocenters. The molecule has 0 spiro atoms. The van der Waals surface area contributed by atoms with Gasteiger partial charge in [0.25, 0.3) is 0 Å². The maximum absolute atomic E-state index is 2.46. The third-order valence-corrected chi connectivity index (χ3v) is 14.4. The van der Waals surface area contributed by atoms with E-state index in [0.29, 0.717) is 0 Å². The lowest BCUT2D eigenvalue weighted by atomic mass is 9.84. The molecule has 0 N–H and O–H groups in total. The van der Waals surface area contributed by atoms with Crippen molar-refractivity contribution in [1.82, 2.24) is 0 Å². The van der Waals surface area contributed by atoms with Gasteiger partial charge in [0.2, 0.25) is 0 Å². The molecule has 0 radical (unpaired) electrons. The summed E-state index contributed by atoms with van der Waals surface area (Å²) in [7, 11) is 0. The summed E-state index contributed by atoms with van der Waals surface area (Å²) in [5.74, 6) is 0. The number of fused-ring (bicyclic) bond motifs is 2. The van der Waals surface area contributed by atoms with Crippen LogP contribution in [-0.2, 0) is 10.8 Å². The fourth-order valence-electron chi connectivity index (χ4n) is 10.5. The molecular weight excluding hydrogens is 869 g/mol. The highest BCUT2D eigenvalue weighted by atomic mass is 15.1. The molecule has 11 rings (SSSR count). The first kappa shape index (κ1) is 46.2. The van der Waals surface area contributed by atoms with Crippen molar-refractivity contribution in [2.45, 2.75) is 65.2 Å². The number of hydrogen-bond acceptors (Lipinski definition) is 2. The molecule has 0 aliphatic heterocycles. The molecule has 0 saturated carbocycles. The average Bonchev–Trinajstić information content (AvgIpc) is 3.41. The molecule has 0 heterocycles. The van der Waals surface area contributed by atoms with E-state index < -0.39 is 0 Å². The van der Waals surface area contributed by atoms with E-state index in [2.05, 4.69) is 294 Å². The van der Waals surface area contributed by atoms with Crippen LogP contribution in [0.1, 0.15) is 65.5 Å². The lowest BCUT2D eigenvalue weighted by Crippen LogP contribution is -2.17. The van der Waals surface area contributed by atoms with Crippen LogP contribution in [-0.4, -0.2) is 0 Å². The van der Waals surface area contributed by atoms with E-state index >= 15 is 0 Å². The molecule has 2 nitrogen and oxygen atoms in total. The van der Waals surface area contributed by atoms with Crippen molar-refractivity contribution in [2.24, 2.45) is 0 Å². The van der Waals surface area contributed by atoms with Crippen molar-refractivity contribution in [1.29, 1.82) is 0 Å². The predicted molar refractivity (Wildman–Crippen MR) is 310 cm³/mol. The van der Waals surface area contributed by atoms with Gasteiger partial charge < -0.3 is 9.80 Å². The topological polar surface area (TPSA) is 6.48 Å². The van der Waals surface area contributed by atoms with Gasteiger partial charge in [-0.1, -0.05) is 217 Å².